The summed E-state index contributed by atoms with van der Waals surface area (Å²) in [7, 11) is 0. The van der Waals surface area contributed by atoms with Gasteiger partial charge in [0.15, 0.2) is 11.6 Å². The Kier molecular flexibility index (Phi) is 3.79. The standard InChI is InChI=1S/C16H11F3N2O3/c1-2-24-16(23)9-6-21(12-4-10(12)17)14-7(15(9)22)3-11(18)13(19)8(14)5-20/h3,6,10,12H,2,4H2,1H3/t10-,12+/m0/s1. The maximum Gasteiger partial charge on any atom is 0.343 e. The van der Waals surface area contributed by atoms with Crippen molar-refractivity contribution in [3.63, 3.8) is 0 Å². The number of pyridine rings is 1. The van der Waals surface area contributed by atoms with Gasteiger partial charge in [0.25, 0.3) is 0 Å². The highest BCUT2D eigenvalue weighted by Crippen LogP contribution is 2.41. The van der Waals surface area contributed by atoms with Gasteiger partial charge in [-0.25, -0.2) is 18.0 Å². The Morgan fingerprint density at radius 2 is 2.17 bits per heavy atom. The summed E-state index contributed by atoms with van der Waals surface area (Å²) in [6.45, 7) is 1.55. The second kappa shape index (κ2) is 5.67. The zero-order chi connectivity index (χ0) is 17.6. The lowest BCUT2D eigenvalue weighted by atomic mass is 10.1. The maximum absolute atomic E-state index is 13.9. The molecule has 0 radical (unpaired) electrons. The summed E-state index contributed by atoms with van der Waals surface area (Å²) >= 11 is 0. The number of nitriles is 1. The number of nitrogens with zero attached hydrogens (tertiary/aromatic N) is 2. The van der Waals surface area contributed by atoms with Gasteiger partial charge >= 0.3 is 5.97 Å². The molecule has 1 fully saturated rings. The summed E-state index contributed by atoms with van der Waals surface area (Å²) < 4.78 is 47.1. The molecule has 5 nitrogen and oxygen atoms in total. The minimum Gasteiger partial charge on any atom is -0.462 e. The lowest BCUT2D eigenvalue weighted by Gasteiger charge is -2.14. The van der Waals surface area contributed by atoms with Gasteiger partial charge < -0.3 is 9.30 Å². The maximum atomic E-state index is 13.9. The summed E-state index contributed by atoms with van der Waals surface area (Å²) in [5, 5.41) is 8.76. The van der Waals surface area contributed by atoms with E-state index >= 15 is 0 Å². The first-order valence-electron chi connectivity index (χ1n) is 7.18. The third kappa shape index (κ3) is 2.33. The molecule has 1 saturated carbocycles. The molecule has 0 amide bonds. The summed E-state index contributed by atoms with van der Waals surface area (Å²) in [6.07, 6.45) is -0.125. The fourth-order valence-electron chi connectivity index (χ4n) is 2.62. The van der Waals surface area contributed by atoms with Crippen molar-refractivity contribution >= 4 is 16.9 Å². The van der Waals surface area contributed by atoms with Crippen molar-refractivity contribution in [3.8, 4) is 6.07 Å². The molecule has 1 aliphatic rings. The van der Waals surface area contributed by atoms with Crippen LogP contribution in [0.4, 0.5) is 13.2 Å². The van der Waals surface area contributed by atoms with Gasteiger partial charge in [-0.1, -0.05) is 0 Å². The van der Waals surface area contributed by atoms with Crippen molar-refractivity contribution in [2.45, 2.75) is 25.6 Å². The molecule has 1 heterocycles. The Morgan fingerprint density at radius 1 is 1.50 bits per heavy atom. The Bertz CT molecular complexity index is 962. The molecule has 2 aromatic rings. The van der Waals surface area contributed by atoms with Gasteiger partial charge in [0.2, 0.25) is 5.43 Å². The van der Waals surface area contributed by atoms with E-state index in [1.54, 1.807) is 6.92 Å². The smallest absolute Gasteiger partial charge is 0.343 e. The lowest BCUT2D eigenvalue weighted by Crippen LogP contribution is -2.22. The van der Waals surface area contributed by atoms with Crippen LogP contribution in [0.25, 0.3) is 10.9 Å². The minimum absolute atomic E-state index is 0.00665. The molecular weight excluding hydrogens is 325 g/mol. The summed E-state index contributed by atoms with van der Waals surface area (Å²) in [6, 6.07) is 1.37. The summed E-state index contributed by atoms with van der Waals surface area (Å²) in [4.78, 5) is 24.4. The molecule has 0 bridgehead atoms. The monoisotopic (exact) mass is 336 g/mol. The Balaban J connectivity index is 2.43. The molecule has 2 atom stereocenters. The number of esters is 1. The number of halogens is 3. The highest BCUT2D eigenvalue weighted by Gasteiger charge is 2.41. The van der Waals surface area contributed by atoms with Crippen molar-refractivity contribution in [1.29, 1.82) is 5.26 Å². The largest absolute Gasteiger partial charge is 0.462 e. The van der Waals surface area contributed by atoms with E-state index in [0.29, 0.717) is 6.07 Å². The molecule has 0 N–H and O–H groups in total. The number of aromatic nitrogens is 1. The van der Waals surface area contributed by atoms with Crippen molar-refractivity contribution in [2.24, 2.45) is 0 Å². The molecule has 124 valence electrons. The average molecular weight is 336 g/mol. The van der Waals surface area contributed by atoms with Gasteiger partial charge in [0.05, 0.1) is 23.6 Å². The van der Waals surface area contributed by atoms with Gasteiger partial charge in [0.1, 0.15) is 23.4 Å². The minimum atomic E-state index is -1.42. The first kappa shape index (κ1) is 16.1. The van der Waals surface area contributed by atoms with Crippen molar-refractivity contribution in [1.82, 2.24) is 4.57 Å². The van der Waals surface area contributed by atoms with Crippen molar-refractivity contribution < 1.29 is 22.7 Å². The van der Waals surface area contributed by atoms with Gasteiger partial charge in [-0.05, 0) is 13.0 Å². The highest BCUT2D eigenvalue weighted by atomic mass is 19.2. The number of carbonyl (C=O) groups excluding carboxylic acids is 1. The molecule has 3 rings (SSSR count). The third-order valence-electron chi connectivity index (χ3n) is 3.85. The number of rotatable bonds is 3. The molecule has 0 spiro atoms. The number of alkyl halides is 1. The number of fused-ring (bicyclic) bond motifs is 1. The number of hydrogen-bond donors (Lipinski definition) is 0. The van der Waals surface area contributed by atoms with Crippen LogP contribution in [-0.4, -0.2) is 23.3 Å². The molecule has 8 heteroatoms. The van der Waals surface area contributed by atoms with Crippen LogP contribution in [-0.2, 0) is 4.74 Å². The third-order valence-corrected chi connectivity index (χ3v) is 3.85. The van der Waals surface area contributed by atoms with Gasteiger partial charge in [-0.2, -0.15) is 5.26 Å². The van der Waals surface area contributed by atoms with Gasteiger partial charge in [-0.3, -0.25) is 4.79 Å². The molecular formula is C16H11F3N2O3. The molecule has 0 saturated heterocycles. The Hall–Kier alpha value is -2.82. The average Bonchev–Trinajstić information content (AvgIpc) is 3.26. The van der Waals surface area contributed by atoms with Crippen molar-refractivity contribution in [3.05, 3.63) is 45.2 Å². The first-order chi connectivity index (χ1) is 11.4. The highest BCUT2D eigenvalue weighted by molar-refractivity contribution is 5.95. The molecule has 0 aliphatic heterocycles. The number of carbonyl (C=O) groups is 1. The number of hydrogen-bond acceptors (Lipinski definition) is 4. The van der Waals surface area contributed by atoms with E-state index in [1.807, 2.05) is 0 Å². The predicted molar refractivity (Wildman–Crippen MR) is 77.3 cm³/mol. The first-order valence-corrected chi connectivity index (χ1v) is 7.18. The molecule has 1 aromatic carbocycles. The van der Waals surface area contributed by atoms with Crippen LogP contribution in [0.5, 0.6) is 0 Å². The van der Waals surface area contributed by atoms with Crippen LogP contribution in [0.15, 0.2) is 17.1 Å². The Labute approximate surface area is 133 Å². The molecule has 1 aliphatic carbocycles. The quantitative estimate of drug-likeness (QED) is 0.808. The van der Waals surface area contributed by atoms with Crippen LogP contribution in [0.2, 0.25) is 0 Å². The van der Waals surface area contributed by atoms with Crippen molar-refractivity contribution in [2.75, 3.05) is 6.61 Å². The van der Waals surface area contributed by atoms with E-state index in [0.717, 1.165) is 10.8 Å². The van der Waals surface area contributed by atoms with E-state index < -0.39 is 46.4 Å². The zero-order valence-electron chi connectivity index (χ0n) is 12.5. The molecule has 1 aromatic heterocycles. The van der Waals surface area contributed by atoms with Crippen LogP contribution >= 0.6 is 0 Å². The fourth-order valence-corrected chi connectivity index (χ4v) is 2.62. The second-order valence-electron chi connectivity index (χ2n) is 5.37. The van der Waals surface area contributed by atoms with Crippen LogP contribution < -0.4 is 5.43 Å². The van der Waals surface area contributed by atoms with Crippen LogP contribution in [0.1, 0.15) is 35.3 Å². The normalized spacial score (nSPS) is 19.1. The van der Waals surface area contributed by atoms with Gasteiger partial charge in [-0.15, -0.1) is 0 Å². The van der Waals surface area contributed by atoms with Crippen LogP contribution in [0, 0.1) is 23.0 Å². The zero-order valence-corrected chi connectivity index (χ0v) is 12.5. The lowest BCUT2D eigenvalue weighted by molar-refractivity contribution is 0.0524. The number of ether oxygens (including phenoxy) is 1. The van der Waals surface area contributed by atoms with E-state index in [-0.39, 0.29) is 23.9 Å². The molecule has 0 unspecified atom stereocenters. The molecule has 24 heavy (non-hydrogen) atoms. The predicted octanol–water partition coefficient (Wildman–Crippen LogP) is 2.61. The van der Waals surface area contributed by atoms with E-state index in [9.17, 15) is 22.8 Å². The number of benzene rings is 1. The Morgan fingerprint density at radius 3 is 2.71 bits per heavy atom. The SMILES string of the molecule is CCOC(=O)c1cn([C@@H]2C[C@@H]2F)c2c(C#N)c(F)c(F)cc2c1=O. The summed E-state index contributed by atoms with van der Waals surface area (Å²) in [5.41, 5.74) is -2.24. The summed E-state index contributed by atoms with van der Waals surface area (Å²) in [5.74, 6) is -3.76. The van der Waals surface area contributed by atoms with Gasteiger partial charge in [0, 0.05) is 12.6 Å². The van der Waals surface area contributed by atoms with Crippen LogP contribution in [0.3, 0.4) is 0 Å². The topological polar surface area (TPSA) is 72.1 Å². The fraction of sp³-hybridized carbons (Fsp3) is 0.312. The van der Waals surface area contributed by atoms with E-state index in [4.69, 9.17) is 10.00 Å². The van der Waals surface area contributed by atoms with E-state index in [2.05, 4.69) is 0 Å². The van der Waals surface area contributed by atoms with E-state index in [1.165, 1.54) is 6.07 Å². The second-order valence-corrected chi connectivity index (χ2v) is 5.37.